The van der Waals surface area contributed by atoms with Crippen LogP contribution in [0, 0.1) is 0 Å². The van der Waals surface area contributed by atoms with Gasteiger partial charge in [-0.15, -0.1) is 5.10 Å². The van der Waals surface area contributed by atoms with Crippen molar-refractivity contribution >= 4 is 11.6 Å². The lowest BCUT2D eigenvalue weighted by Crippen LogP contribution is -2.07. The van der Waals surface area contributed by atoms with Crippen molar-refractivity contribution in [3.05, 3.63) is 54.3 Å². The van der Waals surface area contributed by atoms with Crippen LogP contribution >= 0.6 is 0 Å². The molecular weight excluding hydrogens is 312 g/mol. The summed E-state index contributed by atoms with van der Waals surface area (Å²) < 4.78 is 12.9. The zero-order valence-electron chi connectivity index (χ0n) is 12.7. The topological polar surface area (TPSA) is 100 Å². The third-order valence-electron chi connectivity index (χ3n) is 3.50. The Bertz CT molecular complexity index is 1000. The van der Waals surface area contributed by atoms with Gasteiger partial charge in [0, 0.05) is 12.3 Å². The molecule has 0 saturated carbocycles. The Balaban J connectivity index is 1.64. The number of esters is 1. The van der Waals surface area contributed by atoms with Gasteiger partial charge < -0.3 is 9.26 Å². The Labute approximate surface area is 135 Å². The number of aromatic nitrogens is 6. The molecule has 0 fully saturated rings. The number of pyridine rings is 1. The van der Waals surface area contributed by atoms with Crippen LogP contribution in [0.4, 0.5) is 0 Å². The average molecular weight is 324 g/mol. The van der Waals surface area contributed by atoms with Crippen LogP contribution in [0.25, 0.3) is 17.0 Å². The molecule has 4 heterocycles. The summed E-state index contributed by atoms with van der Waals surface area (Å²) in [5.41, 5.74) is 3.04. The van der Waals surface area contributed by atoms with Crippen molar-refractivity contribution in [1.29, 1.82) is 0 Å². The number of imidazole rings is 1. The van der Waals surface area contributed by atoms with Gasteiger partial charge in [0.05, 0.1) is 25.5 Å². The van der Waals surface area contributed by atoms with Gasteiger partial charge in [-0.05, 0) is 12.1 Å². The van der Waals surface area contributed by atoms with Crippen LogP contribution in [0.1, 0.15) is 16.2 Å². The number of hydrogen-bond acceptors (Lipinski definition) is 7. The van der Waals surface area contributed by atoms with Crippen molar-refractivity contribution < 1.29 is 14.1 Å². The fourth-order valence-electron chi connectivity index (χ4n) is 2.41. The highest BCUT2D eigenvalue weighted by Gasteiger charge is 2.13. The highest BCUT2D eigenvalue weighted by atomic mass is 16.5. The summed E-state index contributed by atoms with van der Waals surface area (Å²) in [6, 6.07) is 6.97. The number of methoxy groups -OCH3 is 1. The van der Waals surface area contributed by atoms with E-state index in [1.165, 1.54) is 13.4 Å². The molecule has 0 aromatic carbocycles. The number of fused-ring (bicyclic) bond motifs is 1. The molecule has 0 unspecified atom stereocenters. The predicted octanol–water partition coefficient (Wildman–Crippen LogP) is 1.42. The minimum atomic E-state index is -0.418. The molecule has 0 aliphatic carbocycles. The Kier molecular flexibility index (Phi) is 3.30. The van der Waals surface area contributed by atoms with Gasteiger partial charge in [0.1, 0.15) is 29.0 Å². The second kappa shape index (κ2) is 5.61. The number of carbonyl (C=O) groups excluding carboxylic acids is 1. The fourth-order valence-corrected chi connectivity index (χ4v) is 2.41. The van der Waals surface area contributed by atoms with Crippen LogP contribution in [0.3, 0.4) is 0 Å². The molecule has 0 N–H and O–H groups in total. The Morgan fingerprint density at radius 1 is 1.25 bits per heavy atom. The van der Waals surface area contributed by atoms with E-state index in [4.69, 9.17) is 9.26 Å². The number of rotatable bonds is 4. The second-order valence-corrected chi connectivity index (χ2v) is 5.05. The Morgan fingerprint density at radius 2 is 2.17 bits per heavy atom. The van der Waals surface area contributed by atoms with E-state index in [1.807, 2.05) is 6.07 Å². The van der Waals surface area contributed by atoms with Gasteiger partial charge in [0.25, 0.3) is 0 Å². The molecule has 4 aromatic heterocycles. The van der Waals surface area contributed by atoms with Crippen molar-refractivity contribution in [1.82, 2.24) is 29.5 Å². The van der Waals surface area contributed by atoms with Gasteiger partial charge in [-0.25, -0.2) is 14.5 Å². The first-order chi connectivity index (χ1) is 11.7. The van der Waals surface area contributed by atoms with Crippen molar-refractivity contribution in [2.45, 2.75) is 6.54 Å². The van der Waals surface area contributed by atoms with Gasteiger partial charge in [0.15, 0.2) is 0 Å². The number of ether oxygens (including phenoxy) is 1. The average Bonchev–Trinajstić information content (AvgIpc) is 3.33. The van der Waals surface area contributed by atoms with Crippen molar-refractivity contribution in [2.24, 2.45) is 0 Å². The monoisotopic (exact) mass is 324 g/mol. The lowest BCUT2D eigenvalue weighted by atomic mass is 10.3. The van der Waals surface area contributed by atoms with Gasteiger partial charge in [0.2, 0.25) is 0 Å². The van der Waals surface area contributed by atoms with E-state index in [9.17, 15) is 4.79 Å². The fraction of sp³-hybridized carbons (Fsp3) is 0.133. The molecule has 120 valence electrons. The van der Waals surface area contributed by atoms with E-state index in [-0.39, 0.29) is 0 Å². The Hall–Kier alpha value is -3.49. The summed E-state index contributed by atoms with van der Waals surface area (Å²) in [5, 5.41) is 11.9. The maximum atomic E-state index is 11.8. The molecule has 24 heavy (non-hydrogen) atoms. The van der Waals surface area contributed by atoms with E-state index in [0.29, 0.717) is 29.3 Å². The molecule has 4 aromatic rings. The normalized spacial score (nSPS) is 11.0. The number of carbonyl (C=O) groups is 1. The molecule has 4 rings (SSSR count). The predicted molar refractivity (Wildman–Crippen MR) is 81.2 cm³/mol. The molecule has 9 heteroatoms. The lowest BCUT2D eigenvalue weighted by Gasteiger charge is -2.01. The third-order valence-corrected chi connectivity index (χ3v) is 3.50. The zero-order valence-corrected chi connectivity index (χ0v) is 12.7. The summed E-state index contributed by atoms with van der Waals surface area (Å²) >= 11 is 0. The van der Waals surface area contributed by atoms with E-state index in [1.54, 1.807) is 39.7 Å². The van der Waals surface area contributed by atoms with Crippen molar-refractivity contribution in [3.63, 3.8) is 0 Å². The summed E-state index contributed by atoms with van der Waals surface area (Å²) in [6.07, 6.45) is 5.01. The molecule has 0 bridgehead atoms. The molecule has 0 atom stereocenters. The first-order valence-electron chi connectivity index (χ1n) is 7.11. The Morgan fingerprint density at radius 3 is 2.96 bits per heavy atom. The minimum absolute atomic E-state index is 0.410. The maximum Gasteiger partial charge on any atom is 0.355 e. The number of nitrogens with zero attached hydrogens (tertiary/aromatic N) is 6. The molecular formula is C15H12N6O3. The van der Waals surface area contributed by atoms with Gasteiger partial charge in [-0.1, -0.05) is 16.4 Å². The molecule has 0 spiro atoms. The molecule has 0 saturated heterocycles. The van der Waals surface area contributed by atoms with E-state index < -0.39 is 5.97 Å². The summed E-state index contributed by atoms with van der Waals surface area (Å²) in [4.78, 5) is 16.3. The third kappa shape index (κ3) is 2.41. The van der Waals surface area contributed by atoms with Crippen LogP contribution in [0.2, 0.25) is 0 Å². The molecule has 9 nitrogen and oxygen atoms in total. The molecule has 0 aliphatic rings. The number of hydrogen-bond donors (Lipinski definition) is 0. The smallest absolute Gasteiger partial charge is 0.355 e. The SMILES string of the molecule is COC(=O)c1cccc2nc(Cn3cc(-c4ccon4)nn3)cn12. The molecule has 0 aliphatic heterocycles. The standard InChI is InChI=1S/C15H12N6O3/c1-23-15(22)13-3-2-4-14-16-10(8-21(13)14)7-20-9-12(17-19-20)11-5-6-24-18-11/h2-6,8-9H,7H2,1H3. The largest absolute Gasteiger partial charge is 0.464 e. The highest BCUT2D eigenvalue weighted by Crippen LogP contribution is 2.14. The summed E-state index contributed by atoms with van der Waals surface area (Å²) in [5.74, 6) is -0.418. The van der Waals surface area contributed by atoms with Gasteiger partial charge >= 0.3 is 5.97 Å². The maximum absolute atomic E-state index is 11.8. The van der Waals surface area contributed by atoms with Gasteiger partial charge in [-0.3, -0.25) is 4.40 Å². The molecule has 0 amide bonds. The van der Waals surface area contributed by atoms with E-state index in [0.717, 1.165) is 5.69 Å². The van der Waals surface area contributed by atoms with E-state index >= 15 is 0 Å². The summed E-state index contributed by atoms with van der Waals surface area (Å²) in [6.45, 7) is 0.410. The van der Waals surface area contributed by atoms with Crippen LogP contribution < -0.4 is 0 Å². The molecule has 0 radical (unpaired) electrons. The summed E-state index contributed by atoms with van der Waals surface area (Å²) in [7, 11) is 1.35. The van der Waals surface area contributed by atoms with E-state index in [2.05, 4.69) is 20.5 Å². The van der Waals surface area contributed by atoms with Crippen LogP contribution in [-0.4, -0.2) is 42.6 Å². The van der Waals surface area contributed by atoms with Crippen LogP contribution in [-0.2, 0) is 11.3 Å². The first-order valence-corrected chi connectivity index (χ1v) is 7.11. The highest BCUT2D eigenvalue weighted by molar-refractivity contribution is 5.88. The first kappa shape index (κ1) is 14.1. The van der Waals surface area contributed by atoms with Crippen LogP contribution in [0.5, 0.6) is 0 Å². The zero-order chi connectivity index (χ0) is 16.5. The van der Waals surface area contributed by atoms with Gasteiger partial charge in [-0.2, -0.15) is 0 Å². The minimum Gasteiger partial charge on any atom is -0.464 e. The van der Waals surface area contributed by atoms with Crippen molar-refractivity contribution in [3.8, 4) is 11.4 Å². The second-order valence-electron chi connectivity index (χ2n) is 5.05. The van der Waals surface area contributed by atoms with Crippen LogP contribution in [0.15, 0.2) is 47.4 Å². The van der Waals surface area contributed by atoms with Crippen molar-refractivity contribution in [2.75, 3.05) is 7.11 Å². The quantitative estimate of drug-likeness (QED) is 0.523. The lowest BCUT2D eigenvalue weighted by molar-refractivity contribution is 0.0592.